The smallest absolute Gasteiger partial charge is 0.310 e. The first-order chi connectivity index (χ1) is 17.0. The molecular weight excluding hydrogens is 442 g/mol. The molecule has 0 saturated heterocycles. The van der Waals surface area contributed by atoms with Crippen molar-refractivity contribution < 1.29 is 24.6 Å². The van der Waals surface area contributed by atoms with Crippen LogP contribution in [-0.4, -0.2) is 28.8 Å². The monoisotopic (exact) mass is 469 g/mol. The van der Waals surface area contributed by atoms with E-state index in [1.54, 1.807) is 13.0 Å². The lowest BCUT2D eigenvalue weighted by atomic mass is 9.96. The zero-order chi connectivity index (χ0) is 25.0. The molecule has 0 bridgehead atoms. The molecule has 0 radical (unpaired) electrons. The van der Waals surface area contributed by atoms with Crippen LogP contribution in [0.25, 0.3) is 22.3 Å². The van der Waals surface area contributed by atoms with E-state index >= 15 is 0 Å². The summed E-state index contributed by atoms with van der Waals surface area (Å²) >= 11 is 0. The highest BCUT2D eigenvalue weighted by molar-refractivity contribution is 5.77. The van der Waals surface area contributed by atoms with E-state index < -0.39 is 17.8 Å². The molecule has 4 rings (SSSR count). The fourth-order valence-electron chi connectivity index (χ4n) is 3.34. The molecule has 4 aromatic rings. The summed E-state index contributed by atoms with van der Waals surface area (Å²) in [4.78, 5) is 21.8. The van der Waals surface area contributed by atoms with E-state index in [1.807, 2.05) is 103 Å². The van der Waals surface area contributed by atoms with Gasteiger partial charge in [0.2, 0.25) is 0 Å². The van der Waals surface area contributed by atoms with Crippen molar-refractivity contribution in [1.29, 1.82) is 0 Å². The van der Waals surface area contributed by atoms with Crippen LogP contribution in [0.4, 0.5) is 0 Å². The summed E-state index contributed by atoms with van der Waals surface area (Å²) in [6.45, 7) is 1.49. The molecule has 0 aromatic heterocycles. The molecule has 0 heterocycles. The van der Waals surface area contributed by atoms with Gasteiger partial charge in [-0.1, -0.05) is 97.1 Å². The summed E-state index contributed by atoms with van der Waals surface area (Å²) in [7, 11) is 0. The van der Waals surface area contributed by atoms with Crippen molar-refractivity contribution in [2.45, 2.75) is 12.8 Å². The summed E-state index contributed by atoms with van der Waals surface area (Å²) in [5.41, 5.74) is 6.60. The number of hydrogen-bond acceptors (Lipinski definition) is 4. The molecule has 1 unspecified atom stereocenters. The van der Waals surface area contributed by atoms with Gasteiger partial charge in [-0.05, 0) is 46.9 Å². The van der Waals surface area contributed by atoms with Gasteiger partial charge >= 0.3 is 5.97 Å². The zero-order valence-corrected chi connectivity index (χ0v) is 19.3. The zero-order valence-electron chi connectivity index (χ0n) is 19.3. The van der Waals surface area contributed by atoms with Crippen LogP contribution in [-0.2, 0) is 9.59 Å². The van der Waals surface area contributed by atoms with Crippen LogP contribution in [0.5, 0.6) is 5.75 Å². The van der Waals surface area contributed by atoms with Crippen LogP contribution in [0.15, 0.2) is 109 Å². The van der Waals surface area contributed by atoms with Gasteiger partial charge in [0.05, 0.1) is 5.92 Å². The molecule has 35 heavy (non-hydrogen) atoms. The quantitative estimate of drug-likeness (QED) is 0.236. The van der Waals surface area contributed by atoms with E-state index in [2.05, 4.69) is 0 Å². The Labute approximate surface area is 204 Å². The molecule has 0 aliphatic rings. The summed E-state index contributed by atoms with van der Waals surface area (Å²) in [5, 5.41) is 17.4. The lowest BCUT2D eigenvalue weighted by Crippen LogP contribution is -2.25. The fraction of sp³-hybridized carbons (Fsp3) is 0.103. The number of benzene rings is 4. The minimum atomic E-state index is -0.796. The lowest BCUT2D eigenvalue weighted by Gasteiger charge is -2.09. The predicted molar refractivity (Wildman–Crippen MR) is 135 cm³/mol. The van der Waals surface area contributed by atoms with Gasteiger partial charge < -0.3 is 9.84 Å². The van der Waals surface area contributed by atoms with Gasteiger partial charge in [0.15, 0.2) is 6.61 Å². The number of rotatable bonds is 7. The van der Waals surface area contributed by atoms with Gasteiger partial charge in [-0.3, -0.25) is 14.8 Å². The Hall–Kier alpha value is -4.42. The molecule has 1 atom stereocenters. The number of amides is 1. The first-order valence-corrected chi connectivity index (χ1v) is 11.1. The normalized spacial score (nSPS) is 10.9. The molecule has 4 aromatic carbocycles. The van der Waals surface area contributed by atoms with E-state index in [0.717, 1.165) is 27.8 Å². The summed E-state index contributed by atoms with van der Waals surface area (Å²) < 4.78 is 5.25. The highest BCUT2D eigenvalue weighted by Gasteiger charge is 2.13. The highest BCUT2D eigenvalue weighted by atomic mass is 16.5. The standard InChI is InChI=1S/C15H14O2.C14H13NO3/c1-11(15(16)17)13-8-5-9-14(10-13)12-6-3-2-4-7-12;16-14(15-17)10-18-13-8-4-7-12(9-13)11-5-2-1-3-6-11/h2-11H,1H3,(H,16,17);1-9,17H,10H2,(H,15,16). The number of hydroxylamine groups is 1. The number of carbonyl (C=O) groups excluding carboxylic acids is 1. The van der Waals surface area contributed by atoms with E-state index in [1.165, 1.54) is 5.48 Å². The number of carbonyl (C=O) groups is 2. The van der Waals surface area contributed by atoms with Crippen LogP contribution in [0.3, 0.4) is 0 Å². The molecule has 0 saturated carbocycles. The van der Waals surface area contributed by atoms with Crippen LogP contribution in [0.1, 0.15) is 18.4 Å². The first kappa shape index (κ1) is 25.2. The summed E-state index contributed by atoms with van der Waals surface area (Å²) in [6.07, 6.45) is 0. The Morgan fingerprint density at radius 3 is 1.80 bits per heavy atom. The Morgan fingerprint density at radius 1 is 0.743 bits per heavy atom. The van der Waals surface area contributed by atoms with Gasteiger partial charge in [-0.25, -0.2) is 5.48 Å². The molecule has 0 fully saturated rings. The number of aliphatic carboxylic acids is 1. The number of carboxylic acid groups (broad SMARTS) is 1. The Kier molecular flexibility index (Phi) is 9.16. The summed E-state index contributed by atoms with van der Waals surface area (Å²) in [6, 6.07) is 34.9. The second-order valence-corrected chi connectivity index (χ2v) is 7.77. The molecule has 1 amide bonds. The number of carboxylic acids is 1. The van der Waals surface area contributed by atoms with E-state index in [9.17, 15) is 9.59 Å². The maximum Gasteiger partial charge on any atom is 0.310 e. The average Bonchev–Trinajstić information content (AvgIpc) is 2.92. The van der Waals surface area contributed by atoms with Crippen LogP contribution in [0, 0.1) is 0 Å². The average molecular weight is 470 g/mol. The second kappa shape index (κ2) is 12.7. The molecule has 6 heteroatoms. The van der Waals surface area contributed by atoms with Crippen LogP contribution >= 0.6 is 0 Å². The van der Waals surface area contributed by atoms with Crippen molar-refractivity contribution in [1.82, 2.24) is 5.48 Å². The van der Waals surface area contributed by atoms with Crippen molar-refractivity contribution in [2.75, 3.05) is 6.61 Å². The third-order valence-electron chi connectivity index (χ3n) is 5.30. The second-order valence-electron chi connectivity index (χ2n) is 7.77. The number of hydrogen-bond donors (Lipinski definition) is 3. The number of ether oxygens (including phenoxy) is 1. The van der Waals surface area contributed by atoms with E-state index in [4.69, 9.17) is 15.1 Å². The van der Waals surface area contributed by atoms with Crippen molar-refractivity contribution in [3.05, 3.63) is 115 Å². The minimum Gasteiger partial charge on any atom is -0.484 e. The van der Waals surface area contributed by atoms with Gasteiger partial charge in [0.25, 0.3) is 5.91 Å². The molecule has 0 aliphatic heterocycles. The highest BCUT2D eigenvalue weighted by Crippen LogP contribution is 2.24. The first-order valence-electron chi connectivity index (χ1n) is 11.1. The number of nitrogens with one attached hydrogen (secondary N) is 1. The molecule has 178 valence electrons. The SMILES string of the molecule is CC(C(=O)O)c1cccc(-c2ccccc2)c1.O=C(COc1cccc(-c2ccccc2)c1)NO. The predicted octanol–water partition coefficient (Wildman–Crippen LogP) is 5.78. The van der Waals surface area contributed by atoms with Gasteiger partial charge in [-0.15, -0.1) is 0 Å². The molecule has 0 aliphatic carbocycles. The third kappa shape index (κ3) is 7.55. The van der Waals surface area contributed by atoms with Crippen molar-refractivity contribution in [3.8, 4) is 28.0 Å². The van der Waals surface area contributed by atoms with Crippen molar-refractivity contribution >= 4 is 11.9 Å². The van der Waals surface area contributed by atoms with E-state index in [-0.39, 0.29) is 6.61 Å². The topological polar surface area (TPSA) is 95.9 Å². The Bertz CT molecular complexity index is 1240. The van der Waals surface area contributed by atoms with Gasteiger partial charge in [-0.2, -0.15) is 0 Å². The minimum absolute atomic E-state index is 0.214. The Morgan fingerprint density at radius 2 is 1.26 bits per heavy atom. The molecular formula is C29H27NO5. The van der Waals surface area contributed by atoms with Crippen molar-refractivity contribution in [3.63, 3.8) is 0 Å². The van der Waals surface area contributed by atoms with Crippen LogP contribution < -0.4 is 10.2 Å². The largest absolute Gasteiger partial charge is 0.484 e. The van der Waals surface area contributed by atoms with Gasteiger partial charge in [0.1, 0.15) is 5.75 Å². The van der Waals surface area contributed by atoms with Gasteiger partial charge in [0, 0.05) is 0 Å². The molecule has 3 N–H and O–H groups in total. The lowest BCUT2D eigenvalue weighted by molar-refractivity contribution is -0.138. The molecule has 0 spiro atoms. The van der Waals surface area contributed by atoms with Crippen molar-refractivity contribution in [2.24, 2.45) is 0 Å². The Balaban J connectivity index is 0.000000196. The van der Waals surface area contributed by atoms with E-state index in [0.29, 0.717) is 5.75 Å². The molecule has 6 nitrogen and oxygen atoms in total. The maximum atomic E-state index is 10.9. The fourth-order valence-corrected chi connectivity index (χ4v) is 3.34. The third-order valence-corrected chi connectivity index (χ3v) is 5.30. The maximum absolute atomic E-state index is 10.9. The summed E-state index contributed by atoms with van der Waals surface area (Å²) in [5.74, 6) is -1.27. The van der Waals surface area contributed by atoms with Crippen LogP contribution in [0.2, 0.25) is 0 Å².